The first-order valence-corrected chi connectivity index (χ1v) is 4.19. The fraction of sp³-hybridized carbons (Fsp3) is 0.750. The zero-order valence-corrected chi connectivity index (χ0v) is 8.27. The average molecular weight is 193 g/mol. The topological polar surface area (TPSA) is 43.4 Å². The smallest absolute Gasteiger partial charge is 0.306 e. The Balaban J connectivity index is 4.06. The maximum absolute atomic E-state index is 10.9. The van der Waals surface area contributed by atoms with Gasteiger partial charge in [0, 0.05) is 6.42 Å². The van der Waals surface area contributed by atoms with Crippen molar-refractivity contribution in [2.24, 2.45) is 0 Å². The Morgan fingerprint density at radius 1 is 1.42 bits per heavy atom. The van der Waals surface area contributed by atoms with Crippen LogP contribution in [0.4, 0.5) is 0 Å². The summed E-state index contributed by atoms with van der Waals surface area (Å²) < 4.78 is 4.82. The standard InChI is InChI=1S/C8H13ClO3/c1-4-5-6(10)12-8(2,3)7(9)11/h4-5H2,1-3H3. The van der Waals surface area contributed by atoms with E-state index in [1.807, 2.05) is 6.92 Å². The first-order chi connectivity index (χ1) is 5.40. The van der Waals surface area contributed by atoms with Crippen molar-refractivity contribution in [2.75, 3.05) is 0 Å². The quantitative estimate of drug-likeness (QED) is 0.505. The Hall–Kier alpha value is -0.570. The number of carbonyl (C=O) groups excluding carboxylic acids is 2. The van der Waals surface area contributed by atoms with Crippen LogP contribution in [0, 0.1) is 0 Å². The van der Waals surface area contributed by atoms with Crippen molar-refractivity contribution >= 4 is 22.8 Å². The molecule has 4 heteroatoms. The maximum Gasteiger partial charge on any atom is 0.306 e. The van der Waals surface area contributed by atoms with E-state index in [0.717, 1.165) is 0 Å². The number of hydrogen-bond acceptors (Lipinski definition) is 3. The minimum Gasteiger partial charge on any atom is -0.450 e. The van der Waals surface area contributed by atoms with Gasteiger partial charge in [-0.2, -0.15) is 0 Å². The zero-order valence-electron chi connectivity index (χ0n) is 7.52. The van der Waals surface area contributed by atoms with E-state index in [1.54, 1.807) is 0 Å². The van der Waals surface area contributed by atoms with Gasteiger partial charge < -0.3 is 4.74 Å². The summed E-state index contributed by atoms with van der Waals surface area (Å²) in [7, 11) is 0. The lowest BCUT2D eigenvalue weighted by Gasteiger charge is -2.19. The van der Waals surface area contributed by atoms with E-state index in [4.69, 9.17) is 16.3 Å². The molecule has 0 amide bonds. The average Bonchev–Trinajstić information content (AvgIpc) is 1.85. The monoisotopic (exact) mass is 192 g/mol. The SMILES string of the molecule is CCCC(=O)OC(C)(C)C(=O)Cl. The van der Waals surface area contributed by atoms with E-state index >= 15 is 0 Å². The van der Waals surface area contributed by atoms with Gasteiger partial charge in [-0.25, -0.2) is 0 Å². The van der Waals surface area contributed by atoms with Crippen molar-refractivity contribution in [3.63, 3.8) is 0 Å². The Morgan fingerprint density at radius 3 is 2.25 bits per heavy atom. The summed E-state index contributed by atoms with van der Waals surface area (Å²) >= 11 is 5.20. The Labute approximate surface area is 77.0 Å². The van der Waals surface area contributed by atoms with Gasteiger partial charge in [-0.05, 0) is 31.9 Å². The second-order valence-corrected chi connectivity index (χ2v) is 3.35. The zero-order chi connectivity index (χ0) is 9.78. The molecule has 70 valence electrons. The van der Waals surface area contributed by atoms with E-state index in [1.165, 1.54) is 13.8 Å². The van der Waals surface area contributed by atoms with Crippen molar-refractivity contribution in [1.29, 1.82) is 0 Å². The van der Waals surface area contributed by atoms with Crippen LogP contribution in [0.15, 0.2) is 0 Å². The molecular weight excluding hydrogens is 180 g/mol. The van der Waals surface area contributed by atoms with Gasteiger partial charge in [0.2, 0.25) is 0 Å². The fourth-order valence-electron chi connectivity index (χ4n) is 0.580. The summed E-state index contributed by atoms with van der Waals surface area (Å²) in [6, 6.07) is 0. The van der Waals surface area contributed by atoms with Crippen LogP contribution in [0.1, 0.15) is 33.6 Å². The molecule has 0 aromatic carbocycles. The molecule has 0 N–H and O–H groups in total. The second kappa shape index (κ2) is 4.45. The van der Waals surface area contributed by atoms with Crippen LogP contribution in [0.5, 0.6) is 0 Å². The van der Waals surface area contributed by atoms with Crippen LogP contribution in [-0.4, -0.2) is 16.8 Å². The number of hydrogen-bond donors (Lipinski definition) is 0. The van der Waals surface area contributed by atoms with Crippen molar-refractivity contribution in [2.45, 2.75) is 39.2 Å². The molecule has 0 aliphatic carbocycles. The van der Waals surface area contributed by atoms with Crippen LogP contribution in [0.2, 0.25) is 0 Å². The van der Waals surface area contributed by atoms with Crippen LogP contribution < -0.4 is 0 Å². The lowest BCUT2D eigenvalue weighted by molar-refractivity contribution is -0.160. The Bertz CT molecular complexity index is 187. The largest absolute Gasteiger partial charge is 0.450 e. The van der Waals surface area contributed by atoms with Gasteiger partial charge in [-0.15, -0.1) is 0 Å². The van der Waals surface area contributed by atoms with Gasteiger partial charge in [0.25, 0.3) is 5.24 Å². The molecule has 0 spiro atoms. The lowest BCUT2D eigenvalue weighted by Crippen LogP contribution is -2.34. The molecule has 0 radical (unpaired) electrons. The molecule has 0 aromatic rings. The predicted molar refractivity (Wildman–Crippen MR) is 45.9 cm³/mol. The van der Waals surface area contributed by atoms with Crippen LogP contribution in [0.3, 0.4) is 0 Å². The van der Waals surface area contributed by atoms with E-state index in [-0.39, 0.29) is 0 Å². The Morgan fingerprint density at radius 2 is 1.92 bits per heavy atom. The van der Waals surface area contributed by atoms with Crippen LogP contribution in [-0.2, 0) is 14.3 Å². The highest BCUT2D eigenvalue weighted by Crippen LogP contribution is 2.14. The van der Waals surface area contributed by atoms with Gasteiger partial charge in [0.05, 0.1) is 0 Å². The maximum atomic E-state index is 10.9. The molecule has 0 rings (SSSR count). The van der Waals surface area contributed by atoms with Gasteiger partial charge in [0.1, 0.15) is 0 Å². The van der Waals surface area contributed by atoms with Gasteiger partial charge in [-0.1, -0.05) is 6.92 Å². The minimum absolute atomic E-state index is 0.313. The third kappa shape index (κ3) is 3.72. The van der Waals surface area contributed by atoms with E-state index in [2.05, 4.69) is 0 Å². The summed E-state index contributed by atoms with van der Waals surface area (Å²) in [4.78, 5) is 21.6. The van der Waals surface area contributed by atoms with Gasteiger partial charge in [0.15, 0.2) is 5.60 Å². The number of ether oxygens (including phenoxy) is 1. The van der Waals surface area contributed by atoms with E-state index in [9.17, 15) is 9.59 Å². The molecule has 0 bridgehead atoms. The molecular formula is C8H13ClO3. The van der Waals surface area contributed by atoms with Crippen molar-refractivity contribution < 1.29 is 14.3 Å². The van der Waals surface area contributed by atoms with Crippen molar-refractivity contribution in [3.05, 3.63) is 0 Å². The normalized spacial score (nSPS) is 11.0. The molecule has 0 heterocycles. The Kier molecular flexibility index (Phi) is 4.24. The van der Waals surface area contributed by atoms with Crippen molar-refractivity contribution in [3.8, 4) is 0 Å². The molecule has 0 saturated heterocycles. The molecule has 0 aromatic heterocycles. The summed E-state index contributed by atoms with van der Waals surface area (Å²) in [6.07, 6.45) is 1.01. The number of esters is 1. The number of halogens is 1. The summed E-state index contributed by atoms with van der Waals surface area (Å²) in [5.74, 6) is -0.392. The lowest BCUT2D eigenvalue weighted by atomic mass is 10.2. The first kappa shape index (κ1) is 11.4. The van der Waals surface area contributed by atoms with E-state index < -0.39 is 16.8 Å². The fourth-order valence-corrected chi connectivity index (χ4v) is 0.618. The van der Waals surface area contributed by atoms with Gasteiger partial charge >= 0.3 is 5.97 Å². The molecule has 0 saturated carbocycles. The molecule has 0 fully saturated rings. The highest BCUT2D eigenvalue weighted by atomic mass is 35.5. The molecule has 0 atom stereocenters. The molecule has 0 aliphatic heterocycles. The minimum atomic E-state index is -1.20. The molecule has 0 aliphatic rings. The van der Waals surface area contributed by atoms with Crippen LogP contribution >= 0.6 is 11.6 Å². The highest BCUT2D eigenvalue weighted by Gasteiger charge is 2.29. The number of rotatable bonds is 4. The second-order valence-electron chi connectivity index (χ2n) is 3.01. The van der Waals surface area contributed by atoms with Gasteiger partial charge in [-0.3, -0.25) is 9.59 Å². The first-order valence-electron chi connectivity index (χ1n) is 3.82. The van der Waals surface area contributed by atoms with Crippen molar-refractivity contribution in [1.82, 2.24) is 0 Å². The molecule has 0 unspecified atom stereocenters. The van der Waals surface area contributed by atoms with Crippen LogP contribution in [0.25, 0.3) is 0 Å². The number of carbonyl (C=O) groups is 2. The summed E-state index contributed by atoms with van der Waals surface area (Å²) in [6.45, 7) is 4.79. The highest BCUT2D eigenvalue weighted by molar-refractivity contribution is 6.65. The summed E-state index contributed by atoms with van der Waals surface area (Å²) in [5.41, 5.74) is -1.20. The summed E-state index contributed by atoms with van der Waals surface area (Å²) in [5, 5.41) is -0.660. The predicted octanol–water partition coefficient (Wildman–Crippen LogP) is 1.87. The third-order valence-corrected chi connectivity index (χ3v) is 1.75. The molecule has 12 heavy (non-hydrogen) atoms. The van der Waals surface area contributed by atoms with E-state index in [0.29, 0.717) is 12.8 Å². The third-order valence-electron chi connectivity index (χ3n) is 1.30. The molecule has 3 nitrogen and oxygen atoms in total.